The maximum Gasteiger partial charge on any atom is 0.0119 e. The van der Waals surface area contributed by atoms with Gasteiger partial charge in [-0.05, 0) is 47.4 Å². The first-order valence-electron chi connectivity index (χ1n) is 8.22. The Hall–Kier alpha value is -1.56. The van der Waals surface area contributed by atoms with Crippen molar-refractivity contribution in [3.05, 3.63) is 64.3 Å². The van der Waals surface area contributed by atoms with Crippen LogP contribution in [0.15, 0.2) is 42.0 Å². The lowest BCUT2D eigenvalue weighted by molar-refractivity contribution is 0.393. The average molecular weight is 278 g/mol. The Labute approximate surface area is 129 Å². The zero-order valence-corrected chi connectivity index (χ0v) is 13.7. The van der Waals surface area contributed by atoms with E-state index in [0.717, 1.165) is 6.42 Å². The maximum absolute atomic E-state index is 2.44. The Morgan fingerprint density at radius 2 is 2.05 bits per heavy atom. The summed E-state index contributed by atoms with van der Waals surface area (Å²) in [6, 6.07) is 4.65. The fourth-order valence-corrected chi connectivity index (χ4v) is 3.88. The van der Waals surface area contributed by atoms with Crippen LogP contribution in [0.2, 0.25) is 0 Å². The van der Waals surface area contributed by atoms with Crippen LogP contribution in [0.1, 0.15) is 61.8 Å². The molecule has 1 atom stereocenters. The number of hydrogen-bond donors (Lipinski definition) is 0. The van der Waals surface area contributed by atoms with Gasteiger partial charge in [-0.25, -0.2) is 0 Å². The van der Waals surface area contributed by atoms with Gasteiger partial charge in [-0.3, -0.25) is 0 Å². The molecule has 0 aliphatic heterocycles. The molecule has 2 aliphatic carbocycles. The molecule has 0 heteroatoms. The molecule has 0 saturated carbocycles. The molecule has 0 fully saturated rings. The van der Waals surface area contributed by atoms with Gasteiger partial charge in [0.25, 0.3) is 0 Å². The number of allylic oxidation sites excluding steroid dienone is 5. The van der Waals surface area contributed by atoms with E-state index in [-0.39, 0.29) is 5.41 Å². The summed E-state index contributed by atoms with van der Waals surface area (Å²) in [5, 5.41) is 0. The van der Waals surface area contributed by atoms with E-state index in [1.165, 1.54) is 24.0 Å². The van der Waals surface area contributed by atoms with Crippen molar-refractivity contribution in [3.63, 3.8) is 0 Å². The highest BCUT2D eigenvalue weighted by Crippen LogP contribution is 2.50. The first-order valence-corrected chi connectivity index (χ1v) is 8.22. The SMILES string of the molecule is CCCc1ccc(C)c2c1C(C(C)(C)C1=CC=CC1)C=C2. The van der Waals surface area contributed by atoms with Gasteiger partial charge in [0.1, 0.15) is 0 Å². The van der Waals surface area contributed by atoms with Gasteiger partial charge in [-0.1, -0.05) is 75.3 Å². The molecule has 0 radical (unpaired) electrons. The molecule has 0 nitrogen and oxygen atoms in total. The Morgan fingerprint density at radius 1 is 1.24 bits per heavy atom. The number of fused-ring (bicyclic) bond motifs is 1. The molecule has 1 aromatic rings. The highest BCUT2D eigenvalue weighted by molar-refractivity contribution is 5.68. The Bertz CT molecular complexity index is 638. The van der Waals surface area contributed by atoms with Gasteiger partial charge in [0, 0.05) is 5.92 Å². The van der Waals surface area contributed by atoms with Gasteiger partial charge >= 0.3 is 0 Å². The van der Waals surface area contributed by atoms with E-state index in [2.05, 4.69) is 70.2 Å². The summed E-state index contributed by atoms with van der Waals surface area (Å²) in [6.07, 6.45) is 15.1. The summed E-state index contributed by atoms with van der Waals surface area (Å²) < 4.78 is 0. The van der Waals surface area contributed by atoms with Crippen molar-refractivity contribution >= 4 is 6.08 Å². The van der Waals surface area contributed by atoms with E-state index in [1.54, 1.807) is 16.7 Å². The predicted molar refractivity (Wildman–Crippen MR) is 92.6 cm³/mol. The normalized spacial score (nSPS) is 20.0. The zero-order chi connectivity index (χ0) is 15.0. The number of rotatable bonds is 4. The standard InChI is InChI=1S/C21H26/c1-5-8-16-12-11-15(2)18-13-14-19(20(16)18)21(3,4)17-9-6-7-10-17/h6-7,9,11-14,19H,5,8,10H2,1-4H3. The Kier molecular flexibility index (Phi) is 3.65. The molecule has 0 spiro atoms. The zero-order valence-electron chi connectivity index (χ0n) is 13.7. The molecular weight excluding hydrogens is 252 g/mol. The van der Waals surface area contributed by atoms with E-state index in [1.807, 2.05) is 0 Å². The van der Waals surface area contributed by atoms with Crippen LogP contribution in [0.25, 0.3) is 6.08 Å². The summed E-state index contributed by atoms with van der Waals surface area (Å²) >= 11 is 0. The maximum atomic E-state index is 2.44. The quantitative estimate of drug-likeness (QED) is 0.636. The smallest absolute Gasteiger partial charge is 0.0119 e. The lowest BCUT2D eigenvalue weighted by Crippen LogP contribution is -2.23. The summed E-state index contributed by atoms with van der Waals surface area (Å²) in [5.74, 6) is 0.514. The van der Waals surface area contributed by atoms with Gasteiger partial charge in [0.05, 0.1) is 0 Å². The van der Waals surface area contributed by atoms with E-state index in [9.17, 15) is 0 Å². The third-order valence-electron chi connectivity index (χ3n) is 5.26. The minimum absolute atomic E-state index is 0.196. The molecular formula is C21H26. The third-order valence-corrected chi connectivity index (χ3v) is 5.26. The molecule has 0 amide bonds. The molecule has 0 saturated heterocycles. The van der Waals surface area contributed by atoms with Crippen LogP contribution in [-0.2, 0) is 6.42 Å². The molecule has 1 unspecified atom stereocenters. The fourth-order valence-electron chi connectivity index (χ4n) is 3.88. The van der Waals surface area contributed by atoms with Crippen LogP contribution < -0.4 is 0 Å². The van der Waals surface area contributed by atoms with Crippen molar-refractivity contribution in [2.24, 2.45) is 5.41 Å². The fraction of sp³-hybridized carbons (Fsp3) is 0.429. The van der Waals surface area contributed by atoms with E-state index in [4.69, 9.17) is 0 Å². The third kappa shape index (κ3) is 2.31. The first kappa shape index (κ1) is 14.4. The van der Waals surface area contributed by atoms with Crippen LogP contribution >= 0.6 is 0 Å². The van der Waals surface area contributed by atoms with Crippen molar-refractivity contribution in [2.75, 3.05) is 0 Å². The van der Waals surface area contributed by atoms with Crippen molar-refractivity contribution in [1.82, 2.24) is 0 Å². The topological polar surface area (TPSA) is 0 Å². The van der Waals surface area contributed by atoms with Crippen molar-refractivity contribution in [3.8, 4) is 0 Å². The summed E-state index contributed by atoms with van der Waals surface area (Å²) in [6.45, 7) is 9.34. The van der Waals surface area contributed by atoms with Crippen molar-refractivity contribution in [1.29, 1.82) is 0 Å². The van der Waals surface area contributed by atoms with Crippen molar-refractivity contribution in [2.45, 2.75) is 52.9 Å². The molecule has 0 heterocycles. The minimum atomic E-state index is 0.196. The number of aryl methyl sites for hydroxylation is 2. The molecule has 0 aromatic heterocycles. The van der Waals surface area contributed by atoms with Gasteiger partial charge in [-0.2, -0.15) is 0 Å². The summed E-state index contributed by atoms with van der Waals surface area (Å²) in [4.78, 5) is 0. The van der Waals surface area contributed by atoms with Gasteiger partial charge in [-0.15, -0.1) is 0 Å². The van der Waals surface area contributed by atoms with Crippen LogP contribution in [-0.4, -0.2) is 0 Å². The van der Waals surface area contributed by atoms with E-state index in [0.29, 0.717) is 5.92 Å². The van der Waals surface area contributed by atoms with Gasteiger partial charge in [0.15, 0.2) is 0 Å². The highest BCUT2D eigenvalue weighted by atomic mass is 14.4. The van der Waals surface area contributed by atoms with Gasteiger partial charge < -0.3 is 0 Å². The molecule has 21 heavy (non-hydrogen) atoms. The predicted octanol–water partition coefficient (Wildman–Crippen LogP) is 5.97. The lowest BCUT2D eigenvalue weighted by Gasteiger charge is -2.34. The van der Waals surface area contributed by atoms with E-state index >= 15 is 0 Å². The molecule has 110 valence electrons. The molecule has 1 aromatic carbocycles. The van der Waals surface area contributed by atoms with Crippen molar-refractivity contribution < 1.29 is 0 Å². The largest absolute Gasteiger partial charge is 0.0804 e. The Balaban J connectivity index is 2.06. The summed E-state index contributed by atoms with van der Waals surface area (Å²) in [5.41, 5.74) is 7.79. The number of benzene rings is 1. The van der Waals surface area contributed by atoms with Crippen LogP contribution in [0, 0.1) is 12.3 Å². The lowest BCUT2D eigenvalue weighted by atomic mass is 9.69. The molecule has 3 rings (SSSR count). The van der Waals surface area contributed by atoms with Crippen LogP contribution in [0.5, 0.6) is 0 Å². The second kappa shape index (κ2) is 5.33. The molecule has 0 bridgehead atoms. The van der Waals surface area contributed by atoms with Crippen LogP contribution in [0.3, 0.4) is 0 Å². The van der Waals surface area contributed by atoms with Crippen LogP contribution in [0.4, 0.5) is 0 Å². The Morgan fingerprint density at radius 3 is 2.71 bits per heavy atom. The monoisotopic (exact) mass is 278 g/mol. The number of hydrogen-bond acceptors (Lipinski definition) is 0. The minimum Gasteiger partial charge on any atom is -0.0804 e. The second-order valence-electron chi connectivity index (χ2n) is 7.00. The molecule has 2 aliphatic rings. The average Bonchev–Trinajstić information content (AvgIpc) is 3.11. The van der Waals surface area contributed by atoms with E-state index < -0.39 is 0 Å². The highest BCUT2D eigenvalue weighted by Gasteiger charge is 2.37. The first-order chi connectivity index (χ1) is 10.1. The summed E-state index contributed by atoms with van der Waals surface area (Å²) in [7, 11) is 0. The second-order valence-corrected chi connectivity index (χ2v) is 7.00. The molecule has 0 N–H and O–H groups in total. The van der Waals surface area contributed by atoms with Gasteiger partial charge in [0.2, 0.25) is 0 Å².